The van der Waals surface area contributed by atoms with Gasteiger partial charge in [-0.3, -0.25) is 0 Å². The Morgan fingerprint density at radius 1 is 0.675 bits per heavy atom. The zero-order chi connectivity index (χ0) is 28.6. The molecule has 0 amide bonds. The molecule has 2 aliphatic rings. The molecule has 0 saturated carbocycles. The Kier molecular flexibility index (Phi) is 6.24. The lowest BCUT2D eigenvalue weighted by Crippen LogP contribution is -2.13. The SMILES string of the molecule is N#CC(C#N)=C1c2cc(C3=CC(F)C(C#N)C=C3)c(C#N)cc2-c2cc(C#N)c(-c3ccc(C#N)c(F)c3)cc21. The van der Waals surface area contributed by atoms with Gasteiger partial charge in [-0.25, -0.2) is 8.78 Å². The molecule has 2 atom stereocenters. The van der Waals surface area contributed by atoms with Gasteiger partial charge < -0.3 is 0 Å². The van der Waals surface area contributed by atoms with Crippen LogP contribution < -0.4 is 0 Å². The summed E-state index contributed by atoms with van der Waals surface area (Å²) in [5.74, 6) is -1.72. The Labute approximate surface area is 227 Å². The fourth-order valence-corrected chi connectivity index (χ4v) is 4.98. The molecule has 2 unspecified atom stereocenters. The van der Waals surface area contributed by atoms with Gasteiger partial charge in [-0.15, -0.1) is 0 Å². The third kappa shape index (κ3) is 3.88. The number of allylic oxidation sites excluding steroid dienone is 5. The fraction of sp³-hybridized carbons (Fsp3) is 0.0625. The highest BCUT2D eigenvalue weighted by molar-refractivity contribution is 6.07. The standard InChI is InChI=1S/C32H12F2N6/c33-30-7-17(1-3-19(30)11-35)24-9-28-26(5-21(24)13-37)27-6-22(14-38)25(10-29(27)32(28)23(15-39)16-40)18-2-4-20(12-36)31(34)8-18/h1-10,19,30H. The molecule has 0 aromatic heterocycles. The second-order valence-electron chi connectivity index (χ2n) is 8.97. The average molecular weight is 518 g/mol. The summed E-state index contributed by atoms with van der Waals surface area (Å²) in [6.07, 6.45) is 2.64. The van der Waals surface area contributed by atoms with Gasteiger partial charge in [0.2, 0.25) is 0 Å². The largest absolute Gasteiger partial charge is 0.241 e. The van der Waals surface area contributed by atoms with E-state index in [0.29, 0.717) is 44.5 Å². The lowest BCUT2D eigenvalue weighted by atomic mass is 9.87. The van der Waals surface area contributed by atoms with Gasteiger partial charge >= 0.3 is 0 Å². The Morgan fingerprint density at radius 2 is 1.27 bits per heavy atom. The van der Waals surface area contributed by atoms with Gasteiger partial charge in [-0.05, 0) is 81.4 Å². The number of halogens is 2. The molecule has 0 radical (unpaired) electrons. The summed E-state index contributed by atoms with van der Waals surface area (Å²) < 4.78 is 29.1. The molecule has 5 rings (SSSR count). The van der Waals surface area contributed by atoms with Crippen LogP contribution in [0.15, 0.2) is 66.3 Å². The summed E-state index contributed by atoms with van der Waals surface area (Å²) in [6.45, 7) is 0. The van der Waals surface area contributed by atoms with Gasteiger partial charge in [-0.1, -0.05) is 18.2 Å². The smallest absolute Gasteiger partial charge is 0.141 e. The Morgan fingerprint density at radius 3 is 1.80 bits per heavy atom. The third-order valence-corrected chi connectivity index (χ3v) is 6.88. The second kappa shape index (κ2) is 9.86. The number of nitrogens with zero attached hydrogens (tertiary/aromatic N) is 6. The first-order valence-corrected chi connectivity index (χ1v) is 11.7. The number of hydrogen-bond donors (Lipinski definition) is 0. The van der Waals surface area contributed by atoms with Crippen molar-refractivity contribution in [2.45, 2.75) is 6.17 Å². The molecule has 2 aliphatic carbocycles. The number of nitriles is 6. The molecule has 0 spiro atoms. The number of benzene rings is 3. The number of fused-ring (bicyclic) bond motifs is 3. The molecule has 0 fully saturated rings. The van der Waals surface area contributed by atoms with Crippen LogP contribution in [0, 0.1) is 79.7 Å². The van der Waals surface area contributed by atoms with Crippen LogP contribution in [-0.2, 0) is 0 Å². The number of alkyl halides is 1. The third-order valence-electron chi connectivity index (χ3n) is 6.88. The van der Waals surface area contributed by atoms with Crippen LogP contribution in [0.2, 0.25) is 0 Å². The molecule has 3 aromatic carbocycles. The van der Waals surface area contributed by atoms with E-state index < -0.39 is 17.9 Å². The van der Waals surface area contributed by atoms with Crippen LogP contribution in [0.4, 0.5) is 8.78 Å². The van der Waals surface area contributed by atoms with Gasteiger partial charge in [0.1, 0.15) is 35.8 Å². The van der Waals surface area contributed by atoms with Crippen molar-refractivity contribution in [3.63, 3.8) is 0 Å². The minimum Gasteiger partial charge on any atom is -0.241 e. The van der Waals surface area contributed by atoms with E-state index in [9.17, 15) is 29.8 Å². The first kappa shape index (κ1) is 25.3. The fourth-order valence-electron chi connectivity index (χ4n) is 4.98. The molecule has 0 bridgehead atoms. The van der Waals surface area contributed by atoms with E-state index in [1.54, 1.807) is 36.4 Å². The Hall–Kier alpha value is -6.32. The van der Waals surface area contributed by atoms with Crippen molar-refractivity contribution >= 4 is 11.1 Å². The number of hydrogen-bond acceptors (Lipinski definition) is 6. The van der Waals surface area contributed by atoms with E-state index in [0.717, 1.165) is 6.07 Å². The summed E-state index contributed by atoms with van der Waals surface area (Å²) in [4.78, 5) is 0. The van der Waals surface area contributed by atoms with Gasteiger partial charge in [-0.2, -0.15) is 31.6 Å². The lowest BCUT2D eigenvalue weighted by Gasteiger charge is -2.16. The zero-order valence-corrected chi connectivity index (χ0v) is 20.4. The summed E-state index contributed by atoms with van der Waals surface area (Å²) >= 11 is 0. The van der Waals surface area contributed by atoms with Crippen molar-refractivity contribution in [1.82, 2.24) is 0 Å². The maximum absolute atomic E-state index is 14.6. The van der Waals surface area contributed by atoms with Crippen molar-refractivity contribution in [2.24, 2.45) is 5.92 Å². The molecule has 184 valence electrons. The lowest BCUT2D eigenvalue weighted by molar-refractivity contribution is 0.359. The van der Waals surface area contributed by atoms with E-state index in [1.165, 1.54) is 24.3 Å². The summed E-state index contributed by atoms with van der Waals surface area (Å²) in [5, 5.41) is 57.7. The highest BCUT2D eigenvalue weighted by Crippen LogP contribution is 2.49. The maximum Gasteiger partial charge on any atom is 0.141 e. The maximum atomic E-state index is 14.6. The van der Waals surface area contributed by atoms with E-state index in [4.69, 9.17) is 10.5 Å². The van der Waals surface area contributed by atoms with Gasteiger partial charge in [0, 0.05) is 11.1 Å². The number of rotatable bonds is 2. The minimum atomic E-state index is -1.58. The van der Waals surface area contributed by atoms with E-state index >= 15 is 0 Å². The highest BCUT2D eigenvalue weighted by Gasteiger charge is 2.31. The molecule has 6 nitrogen and oxygen atoms in total. The first-order valence-electron chi connectivity index (χ1n) is 11.7. The van der Waals surface area contributed by atoms with Crippen LogP contribution in [0.3, 0.4) is 0 Å². The summed E-state index contributed by atoms with van der Waals surface area (Å²) in [7, 11) is 0. The normalized spacial score (nSPS) is 16.1. The van der Waals surface area contributed by atoms with Crippen molar-refractivity contribution in [3.8, 4) is 58.7 Å². The highest BCUT2D eigenvalue weighted by atomic mass is 19.1. The summed E-state index contributed by atoms with van der Waals surface area (Å²) in [6, 6.07) is 21.9. The topological polar surface area (TPSA) is 143 Å². The van der Waals surface area contributed by atoms with Gasteiger partial charge in [0.05, 0.1) is 40.8 Å². The van der Waals surface area contributed by atoms with Crippen LogP contribution >= 0.6 is 0 Å². The molecule has 3 aromatic rings. The molecule has 8 heteroatoms. The van der Waals surface area contributed by atoms with Gasteiger partial charge in [0.25, 0.3) is 0 Å². The molecule has 0 heterocycles. The van der Waals surface area contributed by atoms with Crippen molar-refractivity contribution < 1.29 is 8.78 Å². The molecular weight excluding hydrogens is 506 g/mol. The molecule has 0 saturated heterocycles. The molecular formula is C32H12F2N6. The van der Waals surface area contributed by atoms with Crippen LogP contribution in [0.25, 0.3) is 33.4 Å². The van der Waals surface area contributed by atoms with Crippen LogP contribution in [0.5, 0.6) is 0 Å². The van der Waals surface area contributed by atoms with Gasteiger partial charge in [0.15, 0.2) is 0 Å². The van der Waals surface area contributed by atoms with Crippen molar-refractivity contribution in [3.05, 3.63) is 105 Å². The monoisotopic (exact) mass is 518 g/mol. The molecule has 40 heavy (non-hydrogen) atoms. The summed E-state index contributed by atoms with van der Waals surface area (Å²) in [5.41, 5.74) is 3.45. The van der Waals surface area contributed by atoms with E-state index in [-0.39, 0.29) is 27.8 Å². The zero-order valence-electron chi connectivity index (χ0n) is 20.4. The quantitative estimate of drug-likeness (QED) is 0.282. The Balaban J connectivity index is 1.80. The van der Waals surface area contributed by atoms with E-state index in [1.807, 2.05) is 18.2 Å². The molecule has 0 N–H and O–H groups in total. The minimum absolute atomic E-state index is 0.160. The van der Waals surface area contributed by atoms with E-state index in [2.05, 4.69) is 12.1 Å². The van der Waals surface area contributed by atoms with Crippen LogP contribution in [0.1, 0.15) is 33.4 Å². The van der Waals surface area contributed by atoms with Crippen molar-refractivity contribution in [1.29, 1.82) is 31.6 Å². The molecule has 0 aliphatic heterocycles. The average Bonchev–Trinajstić information content (AvgIpc) is 3.28. The first-order chi connectivity index (χ1) is 19.4. The second-order valence-corrected chi connectivity index (χ2v) is 8.97. The predicted octanol–water partition coefficient (Wildman–Crippen LogP) is 6.37. The predicted molar refractivity (Wildman–Crippen MR) is 140 cm³/mol. The van der Waals surface area contributed by atoms with Crippen molar-refractivity contribution in [2.75, 3.05) is 0 Å². The Bertz CT molecular complexity index is 1990. The van der Waals surface area contributed by atoms with Crippen LogP contribution in [-0.4, -0.2) is 6.17 Å².